The Morgan fingerprint density at radius 3 is 2.63 bits per heavy atom. The lowest BCUT2D eigenvalue weighted by Gasteiger charge is -2.37. The van der Waals surface area contributed by atoms with E-state index in [9.17, 15) is 4.79 Å². The van der Waals surface area contributed by atoms with Crippen LogP contribution in [-0.4, -0.2) is 38.2 Å². The summed E-state index contributed by atoms with van der Waals surface area (Å²) in [7, 11) is 0. The molecule has 0 radical (unpaired) electrons. The van der Waals surface area contributed by atoms with Crippen LogP contribution in [-0.2, 0) is 11.3 Å². The molecular weight excluding hydrogens is 246 g/mol. The van der Waals surface area contributed by atoms with Gasteiger partial charge in [-0.2, -0.15) is 4.98 Å². The van der Waals surface area contributed by atoms with Crippen molar-refractivity contribution in [1.82, 2.24) is 15.0 Å². The number of aromatic nitrogens is 2. The molecule has 2 atom stereocenters. The van der Waals surface area contributed by atoms with E-state index in [0.29, 0.717) is 42.7 Å². The molecule has 1 N–H and O–H groups in total. The number of hydrogen-bond acceptors (Lipinski definition) is 5. The number of hydrogen-bond donors (Lipinski definition) is 1. The van der Waals surface area contributed by atoms with E-state index in [0.717, 1.165) is 25.7 Å². The number of fused-ring (bicyclic) bond motifs is 2. The lowest BCUT2D eigenvalue weighted by molar-refractivity contribution is -0.138. The van der Waals surface area contributed by atoms with Gasteiger partial charge in [-0.05, 0) is 38.5 Å². The topological polar surface area (TPSA) is 79.5 Å². The van der Waals surface area contributed by atoms with E-state index in [1.54, 1.807) is 0 Å². The van der Waals surface area contributed by atoms with E-state index >= 15 is 0 Å². The van der Waals surface area contributed by atoms with Crippen LogP contribution in [0.1, 0.15) is 43.8 Å². The fraction of sp³-hybridized carbons (Fsp3) is 0.769. The minimum Gasteiger partial charge on any atom is -0.481 e. The van der Waals surface area contributed by atoms with Crippen molar-refractivity contribution in [3.8, 4) is 0 Å². The normalized spacial score (nSPS) is 30.7. The number of carbonyl (C=O) groups is 1. The summed E-state index contributed by atoms with van der Waals surface area (Å²) in [5.41, 5.74) is 0. The standard InChI is InChI=1S/C13H19N3O3/c1-8-14-12(19-15-8)7-16-10-2-3-11(16)5-9(4-10)6-13(17)18/h9-11H,2-7H2,1H3,(H,17,18). The zero-order valence-corrected chi connectivity index (χ0v) is 11.1. The number of piperidine rings is 1. The molecule has 6 heteroatoms. The molecule has 3 rings (SSSR count). The molecule has 0 saturated carbocycles. The maximum atomic E-state index is 10.8. The Balaban J connectivity index is 1.64. The average molecular weight is 265 g/mol. The molecule has 2 saturated heterocycles. The molecule has 3 heterocycles. The van der Waals surface area contributed by atoms with Crippen LogP contribution >= 0.6 is 0 Å². The van der Waals surface area contributed by atoms with Gasteiger partial charge < -0.3 is 9.63 Å². The van der Waals surface area contributed by atoms with Crippen molar-refractivity contribution < 1.29 is 14.4 Å². The van der Waals surface area contributed by atoms with Crippen LogP contribution < -0.4 is 0 Å². The molecule has 2 bridgehead atoms. The van der Waals surface area contributed by atoms with Gasteiger partial charge in [0.15, 0.2) is 5.82 Å². The Hall–Kier alpha value is -1.43. The van der Waals surface area contributed by atoms with E-state index in [1.807, 2.05) is 6.92 Å². The lowest BCUT2D eigenvalue weighted by Crippen LogP contribution is -2.42. The van der Waals surface area contributed by atoms with Gasteiger partial charge >= 0.3 is 5.97 Å². The number of carboxylic acids is 1. The molecule has 0 amide bonds. The summed E-state index contributed by atoms with van der Waals surface area (Å²) in [4.78, 5) is 17.5. The highest BCUT2D eigenvalue weighted by Gasteiger charge is 2.41. The predicted octanol–water partition coefficient (Wildman–Crippen LogP) is 1.60. The van der Waals surface area contributed by atoms with Crippen LogP contribution in [0.3, 0.4) is 0 Å². The fourth-order valence-electron chi connectivity index (χ4n) is 3.62. The SMILES string of the molecule is Cc1noc(CN2C3CCC2CC(CC(=O)O)C3)n1. The summed E-state index contributed by atoms with van der Waals surface area (Å²) in [5.74, 6) is 0.996. The third-order valence-corrected chi connectivity index (χ3v) is 4.33. The van der Waals surface area contributed by atoms with Gasteiger partial charge in [0.25, 0.3) is 0 Å². The summed E-state index contributed by atoms with van der Waals surface area (Å²) in [5, 5.41) is 12.7. The molecule has 104 valence electrons. The van der Waals surface area contributed by atoms with E-state index in [4.69, 9.17) is 9.63 Å². The molecule has 0 aliphatic carbocycles. The molecule has 2 unspecified atom stereocenters. The molecule has 1 aromatic heterocycles. The minimum absolute atomic E-state index is 0.306. The van der Waals surface area contributed by atoms with Crippen molar-refractivity contribution >= 4 is 5.97 Å². The number of nitrogens with zero attached hydrogens (tertiary/aromatic N) is 3. The maximum absolute atomic E-state index is 10.8. The summed E-state index contributed by atoms with van der Waals surface area (Å²) >= 11 is 0. The molecule has 0 aromatic carbocycles. The van der Waals surface area contributed by atoms with Crippen molar-refractivity contribution in [2.75, 3.05) is 0 Å². The summed E-state index contributed by atoms with van der Waals surface area (Å²) < 4.78 is 5.19. The van der Waals surface area contributed by atoms with Gasteiger partial charge in [-0.3, -0.25) is 9.69 Å². The van der Waals surface area contributed by atoms with Crippen molar-refractivity contribution in [1.29, 1.82) is 0 Å². The van der Waals surface area contributed by atoms with Gasteiger partial charge in [-0.1, -0.05) is 5.16 Å². The van der Waals surface area contributed by atoms with Crippen LogP contribution in [0.25, 0.3) is 0 Å². The van der Waals surface area contributed by atoms with Crippen molar-refractivity contribution in [2.45, 2.75) is 57.7 Å². The number of rotatable bonds is 4. The zero-order valence-electron chi connectivity index (χ0n) is 11.1. The smallest absolute Gasteiger partial charge is 0.303 e. The van der Waals surface area contributed by atoms with Crippen LogP contribution in [0, 0.1) is 12.8 Å². The lowest BCUT2D eigenvalue weighted by atomic mass is 9.88. The van der Waals surface area contributed by atoms with Gasteiger partial charge in [0.2, 0.25) is 5.89 Å². The minimum atomic E-state index is -0.676. The number of carboxylic acid groups (broad SMARTS) is 1. The first kappa shape index (κ1) is 12.6. The second kappa shape index (κ2) is 4.92. The average Bonchev–Trinajstić information content (AvgIpc) is 2.82. The highest BCUT2D eigenvalue weighted by molar-refractivity contribution is 5.67. The quantitative estimate of drug-likeness (QED) is 0.890. The van der Waals surface area contributed by atoms with Gasteiger partial charge in [0.05, 0.1) is 6.54 Å². The van der Waals surface area contributed by atoms with Gasteiger partial charge in [0, 0.05) is 18.5 Å². The first-order valence-electron chi connectivity index (χ1n) is 6.88. The summed E-state index contributed by atoms with van der Waals surface area (Å²) in [6.07, 6.45) is 4.59. The van der Waals surface area contributed by atoms with E-state index in [1.165, 1.54) is 0 Å². The van der Waals surface area contributed by atoms with Crippen LogP contribution in [0.5, 0.6) is 0 Å². The Morgan fingerprint density at radius 2 is 2.11 bits per heavy atom. The van der Waals surface area contributed by atoms with Crippen molar-refractivity contribution in [3.05, 3.63) is 11.7 Å². The van der Waals surface area contributed by atoms with E-state index in [2.05, 4.69) is 15.0 Å². The predicted molar refractivity (Wildman–Crippen MR) is 66.4 cm³/mol. The summed E-state index contributed by atoms with van der Waals surface area (Å²) in [6.45, 7) is 2.52. The van der Waals surface area contributed by atoms with Crippen molar-refractivity contribution in [2.24, 2.45) is 5.92 Å². The molecule has 0 spiro atoms. The molecule has 2 aliphatic heterocycles. The monoisotopic (exact) mass is 265 g/mol. The number of aliphatic carboxylic acids is 1. The molecule has 1 aromatic rings. The Labute approximate surface area is 111 Å². The second-order valence-corrected chi connectivity index (χ2v) is 5.73. The third-order valence-electron chi connectivity index (χ3n) is 4.33. The van der Waals surface area contributed by atoms with Gasteiger partial charge in [-0.25, -0.2) is 0 Å². The van der Waals surface area contributed by atoms with E-state index in [-0.39, 0.29) is 0 Å². The highest BCUT2D eigenvalue weighted by atomic mass is 16.5. The Kier molecular flexibility index (Phi) is 3.26. The first-order chi connectivity index (χ1) is 9.11. The van der Waals surface area contributed by atoms with Gasteiger partial charge in [-0.15, -0.1) is 0 Å². The Morgan fingerprint density at radius 1 is 1.42 bits per heavy atom. The largest absolute Gasteiger partial charge is 0.481 e. The molecule has 2 aliphatic rings. The van der Waals surface area contributed by atoms with Crippen LogP contribution in [0.15, 0.2) is 4.52 Å². The van der Waals surface area contributed by atoms with Crippen LogP contribution in [0.4, 0.5) is 0 Å². The zero-order chi connectivity index (χ0) is 13.4. The first-order valence-corrected chi connectivity index (χ1v) is 6.88. The van der Waals surface area contributed by atoms with Crippen molar-refractivity contribution in [3.63, 3.8) is 0 Å². The molecule has 6 nitrogen and oxygen atoms in total. The van der Waals surface area contributed by atoms with Gasteiger partial charge in [0.1, 0.15) is 0 Å². The molecule has 19 heavy (non-hydrogen) atoms. The van der Waals surface area contributed by atoms with E-state index < -0.39 is 5.97 Å². The highest BCUT2D eigenvalue weighted by Crippen LogP contribution is 2.40. The molecular formula is C13H19N3O3. The second-order valence-electron chi connectivity index (χ2n) is 5.73. The fourth-order valence-corrected chi connectivity index (χ4v) is 3.62. The third kappa shape index (κ3) is 2.63. The molecule has 2 fully saturated rings. The van der Waals surface area contributed by atoms with Crippen LogP contribution in [0.2, 0.25) is 0 Å². The summed E-state index contributed by atoms with van der Waals surface area (Å²) in [6, 6.07) is 0.964. The Bertz CT molecular complexity index is 459. The maximum Gasteiger partial charge on any atom is 0.303 e. The number of aryl methyl sites for hydroxylation is 1.